The van der Waals surface area contributed by atoms with Gasteiger partial charge >= 0.3 is 0 Å². The van der Waals surface area contributed by atoms with E-state index in [1.54, 1.807) is 0 Å². The van der Waals surface area contributed by atoms with Gasteiger partial charge in [0.1, 0.15) is 11.5 Å². The molecule has 0 bridgehead atoms. The Labute approximate surface area is 165 Å². The molecule has 0 aromatic heterocycles. The van der Waals surface area contributed by atoms with E-state index in [2.05, 4.69) is 5.32 Å². The molecule has 2 aromatic carbocycles. The zero-order valence-electron chi connectivity index (χ0n) is 16.0. The highest BCUT2D eigenvalue weighted by molar-refractivity contribution is 5.92. The topological polar surface area (TPSA) is 58.6 Å². The number of piperidine rings is 1. The van der Waals surface area contributed by atoms with Crippen LogP contribution in [0.2, 0.25) is 0 Å². The minimum atomic E-state index is -0.0364. The Kier molecular flexibility index (Phi) is 5.60. The number of ether oxygens (including phenoxy) is 1. The van der Waals surface area contributed by atoms with Gasteiger partial charge < -0.3 is 15.0 Å². The molecule has 1 N–H and O–H groups in total. The molecule has 2 aliphatic rings. The third-order valence-electron chi connectivity index (χ3n) is 5.73. The maximum Gasteiger partial charge on any atom is 0.227 e. The molecule has 1 heterocycles. The Morgan fingerprint density at radius 2 is 1.46 bits per heavy atom. The van der Waals surface area contributed by atoms with Crippen molar-refractivity contribution in [3.05, 3.63) is 54.6 Å². The van der Waals surface area contributed by atoms with E-state index >= 15 is 0 Å². The van der Waals surface area contributed by atoms with Crippen LogP contribution < -0.4 is 10.1 Å². The van der Waals surface area contributed by atoms with Crippen LogP contribution in [0.1, 0.15) is 32.1 Å². The van der Waals surface area contributed by atoms with Crippen LogP contribution in [0.4, 0.5) is 5.69 Å². The van der Waals surface area contributed by atoms with E-state index in [0.29, 0.717) is 19.0 Å². The van der Waals surface area contributed by atoms with E-state index in [1.165, 1.54) is 6.42 Å². The van der Waals surface area contributed by atoms with Gasteiger partial charge in [-0.15, -0.1) is 0 Å². The Morgan fingerprint density at radius 3 is 2.07 bits per heavy atom. The van der Waals surface area contributed by atoms with Crippen molar-refractivity contribution in [2.75, 3.05) is 18.4 Å². The lowest BCUT2D eigenvalue weighted by Gasteiger charge is -2.36. The SMILES string of the molecule is O=C(Nc1ccc(Oc2ccccc2)cc1)C1CCN(C(=O)C2CCC2)CC1. The van der Waals surface area contributed by atoms with Crippen molar-refractivity contribution in [2.45, 2.75) is 32.1 Å². The van der Waals surface area contributed by atoms with Crippen LogP contribution in [-0.4, -0.2) is 29.8 Å². The first-order valence-electron chi connectivity index (χ1n) is 10.1. The summed E-state index contributed by atoms with van der Waals surface area (Å²) < 4.78 is 5.77. The maximum atomic E-state index is 12.6. The van der Waals surface area contributed by atoms with Gasteiger partial charge in [0.05, 0.1) is 0 Å². The van der Waals surface area contributed by atoms with Crippen molar-refractivity contribution in [1.82, 2.24) is 4.90 Å². The van der Waals surface area contributed by atoms with Gasteiger partial charge in [0.2, 0.25) is 11.8 Å². The standard InChI is InChI=1S/C23H26N2O3/c26-22(17-13-15-25(16-14-17)23(27)18-5-4-6-18)24-19-9-11-21(12-10-19)28-20-7-2-1-3-8-20/h1-3,7-12,17-18H,4-6,13-16H2,(H,24,26). The third-order valence-corrected chi connectivity index (χ3v) is 5.73. The van der Waals surface area contributed by atoms with Crippen LogP contribution in [0.5, 0.6) is 11.5 Å². The Bertz CT molecular complexity index is 808. The Morgan fingerprint density at radius 1 is 0.821 bits per heavy atom. The number of anilines is 1. The van der Waals surface area contributed by atoms with Gasteiger partial charge in [0, 0.05) is 30.6 Å². The van der Waals surface area contributed by atoms with E-state index in [0.717, 1.165) is 42.9 Å². The van der Waals surface area contributed by atoms with Crippen LogP contribution >= 0.6 is 0 Å². The normalized spacial score (nSPS) is 17.6. The van der Waals surface area contributed by atoms with Crippen LogP contribution in [0, 0.1) is 11.8 Å². The lowest BCUT2D eigenvalue weighted by molar-refractivity contribution is -0.140. The lowest BCUT2D eigenvalue weighted by atomic mass is 9.83. The molecule has 28 heavy (non-hydrogen) atoms. The number of benzene rings is 2. The van der Waals surface area contributed by atoms with Gasteiger partial charge in [-0.3, -0.25) is 9.59 Å². The van der Waals surface area contributed by atoms with Crippen molar-refractivity contribution in [3.63, 3.8) is 0 Å². The van der Waals surface area contributed by atoms with E-state index in [-0.39, 0.29) is 17.7 Å². The minimum Gasteiger partial charge on any atom is -0.457 e. The number of likely N-dealkylation sites (tertiary alicyclic amines) is 1. The average Bonchev–Trinajstić information content (AvgIpc) is 2.69. The monoisotopic (exact) mass is 378 g/mol. The predicted molar refractivity (Wildman–Crippen MR) is 108 cm³/mol. The number of nitrogens with one attached hydrogen (secondary N) is 1. The number of nitrogens with zero attached hydrogens (tertiary/aromatic N) is 1. The molecule has 2 aromatic rings. The van der Waals surface area contributed by atoms with Crippen molar-refractivity contribution >= 4 is 17.5 Å². The third kappa shape index (κ3) is 4.35. The number of para-hydroxylation sites is 1. The highest BCUT2D eigenvalue weighted by atomic mass is 16.5. The van der Waals surface area contributed by atoms with Gasteiger partial charge in [-0.25, -0.2) is 0 Å². The van der Waals surface area contributed by atoms with E-state index < -0.39 is 0 Å². The Hall–Kier alpha value is -2.82. The van der Waals surface area contributed by atoms with Crippen molar-refractivity contribution in [1.29, 1.82) is 0 Å². The molecule has 1 aliphatic carbocycles. The van der Waals surface area contributed by atoms with Gasteiger partial charge in [0.25, 0.3) is 0 Å². The summed E-state index contributed by atoms with van der Waals surface area (Å²) in [5.74, 6) is 2.04. The van der Waals surface area contributed by atoms with Crippen molar-refractivity contribution < 1.29 is 14.3 Å². The van der Waals surface area contributed by atoms with Crippen LogP contribution in [0.3, 0.4) is 0 Å². The second-order valence-corrected chi connectivity index (χ2v) is 7.66. The predicted octanol–water partition coefficient (Wildman–Crippen LogP) is 4.46. The van der Waals surface area contributed by atoms with E-state index in [1.807, 2.05) is 59.5 Å². The lowest BCUT2D eigenvalue weighted by Crippen LogP contribution is -2.45. The molecule has 1 saturated heterocycles. The molecule has 5 heteroatoms. The molecule has 0 atom stereocenters. The summed E-state index contributed by atoms with van der Waals surface area (Å²) in [6, 6.07) is 17.0. The highest BCUT2D eigenvalue weighted by Crippen LogP contribution is 2.30. The number of rotatable bonds is 5. The summed E-state index contributed by atoms with van der Waals surface area (Å²) in [5, 5.41) is 2.99. The maximum absolute atomic E-state index is 12.6. The zero-order valence-corrected chi connectivity index (χ0v) is 16.0. The van der Waals surface area contributed by atoms with Gasteiger partial charge in [-0.1, -0.05) is 24.6 Å². The van der Waals surface area contributed by atoms with E-state index in [9.17, 15) is 9.59 Å². The molecule has 2 amide bonds. The van der Waals surface area contributed by atoms with Crippen LogP contribution in [0.15, 0.2) is 54.6 Å². The average molecular weight is 378 g/mol. The minimum absolute atomic E-state index is 0.0347. The summed E-state index contributed by atoms with van der Waals surface area (Å²) in [6.07, 6.45) is 4.70. The molecular weight excluding hydrogens is 352 g/mol. The molecule has 4 rings (SSSR count). The Balaban J connectivity index is 1.26. The highest BCUT2D eigenvalue weighted by Gasteiger charge is 2.33. The molecular formula is C23H26N2O3. The molecule has 0 spiro atoms. The van der Waals surface area contributed by atoms with Gasteiger partial charge in [0.15, 0.2) is 0 Å². The zero-order chi connectivity index (χ0) is 19.3. The smallest absolute Gasteiger partial charge is 0.227 e. The summed E-state index contributed by atoms with van der Waals surface area (Å²) >= 11 is 0. The number of carbonyl (C=O) groups is 2. The number of hydrogen-bond acceptors (Lipinski definition) is 3. The fourth-order valence-corrected chi connectivity index (χ4v) is 3.75. The molecule has 2 fully saturated rings. The number of amides is 2. The van der Waals surface area contributed by atoms with Crippen molar-refractivity contribution in [2.24, 2.45) is 11.8 Å². The fraction of sp³-hybridized carbons (Fsp3) is 0.391. The number of carbonyl (C=O) groups excluding carboxylic acids is 2. The molecule has 0 unspecified atom stereocenters. The summed E-state index contributed by atoms with van der Waals surface area (Å²) in [7, 11) is 0. The molecule has 5 nitrogen and oxygen atoms in total. The second kappa shape index (κ2) is 8.46. The largest absolute Gasteiger partial charge is 0.457 e. The molecule has 1 saturated carbocycles. The molecule has 0 radical (unpaired) electrons. The fourth-order valence-electron chi connectivity index (χ4n) is 3.75. The van der Waals surface area contributed by atoms with E-state index in [4.69, 9.17) is 4.74 Å². The first-order chi connectivity index (χ1) is 13.7. The molecule has 1 aliphatic heterocycles. The molecule has 146 valence electrons. The van der Waals surface area contributed by atoms with Gasteiger partial charge in [-0.05, 0) is 62.1 Å². The summed E-state index contributed by atoms with van der Waals surface area (Å²) in [5.41, 5.74) is 0.762. The first-order valence-corrected chi connectivity index (χ1v) is 10.1. The van der Waals surface area contributed by atoms with Gasteiger partial charge in [-0.2, -0.15) is 0 Å². The van der Waals surface area contributed by atoms with Crippen LogP contribution in [-0.2, 0) is 9.59 Å². The van der Waals surface area contributed by atoms with Crippen molar-refractivity contribution in [3.8, 4) is 11.5 Å². The summed E-state index contributed by atoms with van der Waals surface area (Å²) in [4.78, 5) is 26.8. The van der Waals surface area contributed by atoms with Crippen LogP contribution in [0.25, 0.3) is 0 Å². The second-order valence-electron chi connectivity index (χ2n) is 7.66. The quantitative estimate of drug-likeness (QED) is 0.836. The number of hydrogen-bond donors (Lipinski definition) is 1. The summed E-state index contributed by atoms with van der Waals surface area (Å²) in [6.45, 7) is 1.38. The first kappa shape index (κ1) is 18.5.